The van der Waals surface area contributed by atoms with Crippen LogP contribution in [-0.2, 0) is 24.3 Å². The van der Waals surface area contributed by atoms with Crippen molar-refractivity contribution in [1.82, 2.24) is 14.2 Å². The number of sulfonamides is 1. The Balaban J connectivity index is 1.86. The van der Waals surface area contributed by atoms with Crippen LogP contribution in [0.5, 0.6) is 0 Å². The summed E-state index contributed by atoms with van der Waals surface area (Å²) < 4.78 is 37.9. The number of carbonyl (C=O) groups is 2. The van der Waals surface area contributed by atoms with Crippen molar-refractivity contribution in [3.8, 4) is 0 Å². The zero-order chi connectivity index (χ0) is 23.0. The number of fused-ring (bicyclic) bond motifs is 1. The summed E-state index contributed by atoms with van der Waals surface area (Å²) in [5.74, 6) is -0.543. The molecular formula is C20H26ClN3O6S. The first kappa shape index (κ1) is 23.4. The van der Waals surface area contributed by atoms with Crippen LogP contribution in [0.1, 0.15) is 27.2 Å². The summed E-state index contributed by atoms with van der Waals surface area (Å²) >= 11 is 6.00. The summed E-state index contributed by atoms with van der Waals surface area (Å²) in [5, 5.41) is 1.19. The van der Waals surface area contributed by atoms with E-state index in [0.29, 0.717) is 15.9 Å². The topological polar surface area (TPSA) is 109 Å². The van der Waals surface area contributed by atoms with E-state index in [0.717, 1.165) is 0 Å². The van der Waals surface area contributed by atoms with Gasteiger partial charge in [-0.15, -0.1) is 0 Å². The van der Waals surface area contributed by atoms with Gasteiger partial charge in [0.2, 0.25) is 0 Å². The first-order valence-electron chi connectivity index (χ1n) is 9.75. The van der Waals surface area contributed by atoms with E-state index in [2.05, 4.69) is 4.98 Å². The van der Waals surface area contributed by atoms with E-state index < -0.39 is 33.7 Å². The zero-order valence-corrected chi connectivity index (χ0v) is 19.4. The number of amides is 1. The number of aromatic nitrogens is 1. The number of methoxy groups -OCH3 is 1. The van der Waals surface area contributed by atoms with Crippen molar-refractivity contribution in [2.75, 3.05) is 26.7 Å². The number of hydrogen-bond acceptors (Lipinski definition) is 6. The lowest BCUT2D eigenvalue weighted by atomic mass is 10.1. The standard InChI is InChI=1S/C20H26ClN3O6S/c1-20(2,3)30-19(26)24-8-7-23(12-15(24)11-18(25)29-4)31(27,28)17-10-13-9-14(21)5-6-16(13)22-17/h5-6,9-10,15,22H,7-8,11-12H2,1-4H3. The van der Waals surface area contributed by atoms with Gasteiger partial charge in [-0.1, -0.05) is 11.6 Å². The van der Waals surface area contributed by atoms with E-state index in [1.165, 1.54) is 22.4 Å². The number of benzene rings is 1. The van der Waals surface area contributed by atoms with Crippen molar-refractivity contribution in [3.63, 3.8) is 0 Å². The fraction of sp³-hybridized carbons (Fsp3) is 0.500. The van der Waals surface area contributed by atoms with Gasteiger partial charge in [0.25, 0.3) is 10.0 Å². The molecule has 1 unspecified atom stereocenters. The monoisotopic (exact) mass is 471 g/mol. The highest BCUT2D eigenvalue weighted by Gasteiger charge is 2.39. The zero-order valence-electron chi connectivity index (χ0n) is 17.8. The molecule has 1 aliphatic heterocycles. The van der Waals surface area contributed by atoms with Crippen molar-refractivity contribution in [2.24, 2.45) is 0 Å². The lowest BCUT2D eigenvalue weighted by molar-refractivity contribution is -0.142. The number of nitrogens with zero attached hydrogens (tertiary/aromatic N) is 2. The van der Waals surface area contributed by atoms with Crippen LogP contribution in [-0.4, -0.2) is 73.1 Å². The van der Waals surface area contributed by atoms with Crippen molar-refractivity contribution in [2.45, 2.75) is 43.9 Å². The average Bonchev–Trinajstić information content (AvgIpc) is 3.10. The van der Waals surface area contributed by atoms with E-state index in [1.807, 2.05) is 0 Å². The van der Waals surface area contributed by atoms with Gasteiger partial charge in [0.15, 0.2) is 0 Å². The van der Waals surface area contributed by atoms with Gasteiger partial charge < -0.3 is 19.4 Å². The Hall–Kier alpha value is -2.30. The molecule has 0 saturated carbocycles. The van der Waals surface area contributed by atoms with Gasteiger partial charge in [0, 0.05) is 35.6 Å². The number of carbonyl (C=O) groups excluding carboxylic acids is 2. The van der Waals surface area contributed by atoms with Gasteiger partial charge in [0.1, 0.15) is 10.6 Å². The van der Waals surface area contributed by atoms with Gasteiger partial charge in [-0.05, 0) is 45.0 Å². The number of aromatic amines is 1. The summed E-state index contributed by atoms with van der Waals surface area (Å²) in [6.45, 7) is 5.30. The maximum Gasteiger partial charge on any atom is 0.410 e. The molecule has 0 spiro atoms. The molecule has 0 bridgehead atoms. The summed E-state index contributed by atoms with van der Waals surface area (Å²) in [4.78, 5) is 28.9. The number of piperazine rings is 1. The molecule has 170 valence electrons. The number of hydrogen-bond donors (Lipinski definition) is 1. The van der Waals surface area contributed by atoms with E-state index >= 15 is 0 Å². The second kappa shape index (κ2) is 8.68. The minimum Gasteiger partial charge on any atom is -0.469 e. The largest absolute Gasteiger partial charge is 0.469 e. The smallest absolute Gasteiger partial charge is 0.410 e. The molecule has 11 heteroatoms. The Bertz CT molecular complexity index is 1090. The summed E-state index contributed by atoms with van der Waals surface area (Å²) in [7, 11) is -2.65. The van der Waals surface area contributed by atoms with Gasteiger partial charge in [0.05, 0.1) is 19.6 Å². The summed E-state index contributed by atoms with van der Waals surface area (Å²) in [5.41, 5.74) is -0.0802. The number of halogens is 1. The predicted molar refractivity (Wildman–Crippen MR) is 115 cm³/mol. The van der Waals surface area contributed by atoms with E-state index in [-0.39, 0.29) is 31.1 Å². The fourth-order valence-electron chi connectivity index (χ4n) is 3.41. The van der Waals surface area contributed by atoms with Crippen LogP contribution < -0.4 is 0 Å². The Kier molecular flexibility index (Phi) is 6.54. The second-order valence-corrected chi connectivity index (χ2v) is 10.7. The van der Waals surface area contributed by atoms with Crippen molar-refractivity contribution < 1.29 is 27.5 Å². The lowest BCUT2D eigenvalue weighted by Crippen LogP contribution is -2.57. The number of nitrogens with one attached hydrogen (secondary N) is 1. The molecule has 1 aliphatic rings. The summed E-state index contributed by atoms with van der Waals surface area (Å²) in [6, 6.07) is 5.85. The molecule has 0 radical (unpaired) electrons. The third-order valence-corrected chi connectivity index (χ3v) is 6.90. The SMILES string of the molecule is COC(=O)CC1CN(S(=O)(=O)c2cc3cc(Cl)ccc3[nH]2)CCN1C(=O)OC(C)(C)C. The highest BCUT2D eigenvalue weighted by molar-refractivity contribution is 7.89. The van der Waals surface area contributed by atoms with Crippen LogP contribution in [0.3, 0.4) is 0 Å². The molecule has 1 fully saturated rings. The molecule has 1 N–H and O–H groups in total. The lowest BCUT2D eigenvalue weighted by Gasteiger charge is -2.40. The van der Waals surface area contributed by atoms with E-state index in [9.17, 15) is 18.0 Å². The van der Waals surface area contributed by atoms with E-state index in [1.54, 1.807) is 39.0 Å². The van der Waals surface area contributed by atoms with Gasteiger partial charge in [-0.2, -0.15) is 4.31 Å². The Morgan fingerprint density at radius 1 is 1.23 bits per heavy atom. The first-order valence-corrected chi connectivity index (χ1v) is 11.6. The normalized spacial score (nSPS) is 18.2. The second-order valence-electron chi connectivity index (χ2n) is 8.34. The van der Waals surface area contributed by atoms with Crippen molar-refractivity contribution in [1.29, 1.82) is 0 Å². The van der Waals surface area contributed by atoms with Crippen LogP contribution in [0.25, 0.3) is 10.9 Å². The number of H-pyrrole nitrogens is 1. The predicted octanol–water partition coefficient (Wildman–Crippen LogP) is 2.99. The maximum absolute atomic E-state index is 13.3. The van der Waals surface area contributed by atoms with Crippen LogP contribution in [0, 0.1) is 0 Å². The molecule has 2 aromatic rings. The van der Waals surface area contributed by atoms with Crippen molar-refractivity contribution >= 4 is 44.6 Å². The number of esters is 1. The maximum atomic E-state index is 13.3. The average molecular weight is 472 g/mol. The molecule has 1 aromatic heterocycles. The molecule has 1 amide bonds. The highest BCUT2D eigenvalue weighted by Crippen LogP contribution is 2.27. The Morgan fingerprint density at radius 2 is 1.94 bits per heavy atom. The highest BCUT2D eigenvalue weighted by atomic mass is 35.5. The van der Waals surface area contributed by atoms with Crippen LogP contribution in [0.15, 0.2) is 29.3 Å². The molecule has 1 aromatic carbocycles. The first-order chi connectivity index (χ1) is 14.4. The molecule has 1 atom stereocenters. The van der Waals surface area contributed by atoms with Gasteiger partial charge in [-0.25, -0.2) is 13.2 Å². The van der Waals surface area contributed by atoms with Crippen LogP contribution in [0.4, 0.5) is 4.79 Å². The fourth-order valence-corrected chi connectivity index (χ4v) is 5.08. The van der Waals surface area contributed by atoms with Gasteiger partial charge in [-0.3, -0.25) is 4.79 Å². The molecule has 2 heterocycles. The molecule has 31 heavy (non-hydrogen) atoms. The molecule has 1 saturated heterocycles. The minimum atomic E-state index is -3.89. The number of rotatable bonds is 4. The van der Waals surface area contributed by atoms with Crippen LogP contribution >= 0.6 is 11.6 Å². The molecule has 3 rings (SSSR count). The third-order valence-electron chi connectivity index (χ3n) is 4.88. The van der Waals surface area contributed by atoms with Crippen LogP contribution in [0.2, 0.25) is 5.02 Å². The van der Waals surface area contributed by atoms with Gasteiger partial charge >= 0.3 is 12.1 Å². The molecule has 9 nitrogen and oxygen atoms in total. The van der Waals surface area contributed by atoms with E-state index in [4.69, 9.17) is 21.1 Å². The Labute approximate surface area is 186 Å². The Morgan fingerprint density at radius 3 is 2.58 bits per heavy atom. The minimum absolute atomic E-state index is 0.0207. The third kappa shape index (κ3) is 5.31. The summed E-state index contributed by atoms with van der Waals surface area (Å²) in [6.07, 6.45) is -0.747. The van der Waals surface area contributed by atoms with Crippen molar-refractivity contribution in [3.05, 3.63) is 29.3 Å². The number of ether oxygens (including phenoxy) is 2. The molecular weight excluding hydrogens is 446 g/mol. The quantitative estimate of drug-likeness (QED) is 0.686. The molecule has 0 aliphatic carbocycles.